The summed E-state index contributed by atoms with van der Waals surface area (Å²) in [5.41, 5.74) is 0.204. The number of hydrogen-bond donors (Lipinski definition) is 1. The quantitative estimate of drug-likeness (QED) is 0.892. The lowest BCUT2D eigenvalue weighted by molar-refractivity contribution is -0.144. The summed E-state index contributed by atoms with van der Waals surface area (Å²) in [6.07, 6.45) is 9.69. The minimum Gasteiger partial charge on any atom is -0.378 e. The lowest BCUT2D eigenvalue weighted by atomic mass is 9.60. The van der Waals surface area contributed by atoms with Gasteiger partial charge >= 0.3 is 0 Å². The van der Waals surface area contributed by atoms with Crippen LogP contribution in [0.4, 0.5) is 0 Å². The molecule has 0 radical (unpaired) electrons. The van der Waals surface area contributed by atoms with Crippen molar-refractivity contribution < 1.29 is 9.53 Å². The standard InChI is InChI=1S/C15H23N3O2/c1-2-20-13-10-12(15(13)6-3-4-7-15)17-14(19)11-18-9-5-8-16-18/h5,8-9,12-13H,2-4,6-7,10-11H2,1H3,(H,17,19)/t12-,13-/m1/s1. The van der Waals surface area contributed by atoms with Gasteiger partial charge in [-0.3, -0.25) is 9.48 Å². The molecule has 1 spiro atoms. The fourth-order valence-corrected chi connectivity index (χ4v) is 3.87. The van der Waals surface area contributed by atoms with Gasteiger partial charge in [-0.05, 0) is 32.3 Å². The average Bonchev–Trinajstić information content (AvgIpc) is 3.09. The summed E-state index contributed by atoms with van der Waals surface area (Å²) in [5.74, 6) is 0.0555. The third kappa shape index (κ3) is 2.35. The Morgan fingerprint density at radius 1 is 1.50 bits per heavy atom. The average molecular weight is 277 g/mol. The van der Waals surface area contributed by atoms with E-state index in [4.69, 9.17) is 4.74 Å². The van der Waals surface area contributed by atoms with Crippen molar-refractivity contribution in [2.24, 2.45) is 5.41 Å². The molecule has 5 heteroatoms. The molecule has 1 aromatic heterocycles. The van der Waals surface area contributed by atoms with Crippen LogP contribution in [0.25, 0.3) is 0 Å². The molecular weight excluding hydrogens is 254 g/mol. The minimum absolute atomic E-state index is 0.0555. The summed E-state index contributed by atoms with van der Waals surface area (Å²) < 4.78 is 7.53. The molecule has 2 aliphatic rings. The molecule has 2 saturated carbocycles. The number of carbonyl (C=O) groups is 1. The summed E-state index contributed by atoms with van der Waals surface area (Å²) in [7, 11) is 0. The van der Waals surface area contributed by atoms with Crippen LogP contribution in [-0.4, -0.2) is 34.4 Å². The van der Waals surface area contributed by atoms with E-state index in [1.54, 1.807) is 10.9 Å². The van der Waals surface area contributed by atoms with Crippen molar-refractivity contribution in [3.63, 3.8) is 0 Å². The maximum Gasteiger partial charge on any atom is 0.241 e. The second-order valence-corrected chi connectivity index (χ2v) is 5.94. The van der Waals surface area contributed by atoms with Gasteiger partial charge in [0.2, 0.25) is 5.91 Å². The van der Waals surface area contributed by atoms with Crippen LogP contribution in [0, 0.1) is 5.41 Å². The van der Waals surface area contributed by atoms with E-state index in [2.05, 4.69) is 10.4 Å². The molecule has 1 amide bonds. The van der Waals surface area contributed by atoms with Crippen LogP contribution >= 0.6 is 0 Å². The smallest absolute Gasteiger partial charge is 0.241 e. The second kappa shape index (κ2) is 5.56. The summed E-state index contributed by atoms with van der Waals surface area (Å²) in [6, 6.07) is 2.12. The molecule has 0 unspecified atom stereocenters. The Labute approximate surface area is 119 Å². The number of aromatic nitrogens is 2. The Balaban J connectivity index is 1.59. The van der Waals surface area contributed by atoms with Gasteiger partial charge in [0.15, 0.2) is 0 Å². The van der Waals surface area contributed by atoms with Gasteiger partial charge in [0.1, 0.15) is 6.54 Å². The molecule has 2 aliphatic carbocycles. The summed E-state index contributed by atoms with van der Waals surface area (Å²) in [4.78, 5) is 12.1. The van der Waals surface area contributed by atoms with Crippen molar-refractivity contribution >= 4 is 5.91 Å². The van der Waals surface area contributed by atoms with E-state index in [0.717, 1.165) is 13.0 Å². The van der Waals surface area contributed by atoms with Crippen molar-refractivity contribution in [1.82, 2.24) is 15.1 Å². The highest BCUT2D eigenvalue weighted by atomic mass is 16.5. The number of nitrogens with one attached hydrogen (secondary N) is 1. The van der Waals surface area contributed by atoms with Gasteiger partial charge in [-0.25, -0.2) is 0 Å². The van der Waals surface area contributed by atoms with Gasteiger partial charge in [0.05, 0.1) is 6.10 Å². The zero-order chi connectivity index (χ0) is 14.0. The van der Waals surface area contributed by atoms with Crippen LogP contribution in [0.3, 0.4) is 0 Å². The highest BCUT2D eigenvalue weighted by Gasteiger charge is 2.57. The lowest BCUT2D eigenvalue weighted by Gasteiger charge is -2.54. The van der Waals surface area contributed by atoms with Crippen molar-refractivity contribution in [3.05, 3.63) is 18.5 Å². The minimum atomic E-state index is 0.0555. The van der Waals surface area contributed by atoms with Gasteiger partial charge in [-0.1, -0.05) is 12.8 Å². The lowest BCUT2D eigenvalue weighted by Crippen LogP contribution is -2.64. The Hall–Kier alpha value is -1.36. The zero-order valence-corrected chi connectivity index (χ0v) is 12.0. The van der Waals surface area contributed by atoms with Crippen molar-refractivity contribution in [2.75, 3.05) is 6.61 Å². The molecule has 0 saturated heterocycles. The molecule has 5 nitrogen and oxygen atoms in total. The predicted molar refractivity (Wildman–Crippen MR) is 75.1 cm³/mol. The molecule has 3 rings (SSSR count). The first-order valence-electron chi connectivity index (χ1n) is 7.63. The van der Waals surface area contributed by atoms with Crippen molar-refractivity contribution in [1.29, 1.82) is 0 Å². The van der Waals surface area contributed by atoms with Gasteiger partial charge < -0.3 is 10.1 Å². The van der Waals surface area contributed by atoms with E-state index in [0.29, 0.717) is 12.6 Å². The van der Waals surface area contributed by atoms with Gasteiger partial charge in [0.25, 0.3) is 0 Å². The Bertz CT molecular complexity index is 452. The normalized spacial score (nSPS) is 27.4. The number of ether oxygens (including phenoxy) is 1. The van der Waals surface area contributed by atoms with Crippen LogP contribution in [0.5, 0.6) is 0 Å². The monoisotopic (exact) mass is 277 g/mol. The molecule has 2 atom stereocenters. The van der Waals surface area contributed by atoms with Gasteiger partial charge in [-0.2, -0.15) is 5.10 Å². The fraction of sp³-hybridized carbons (Fsp3) is 0.733. The summed E-state index contributed by atoms with van der Waals surface area (Å²) in [6.45, 7) is 3.12. The van der Waals surface area contributed by atoms with E-state index in [1.165, 1.54) is 25.7 Å². The first-order chi connectivity index (χ1) is 9.74. The highest BCUT2D eigenvalue weighted by molar-refractivity contribution is 5.76. The van der Waals surface area contributed by atoms with Crippen LogP contribution in [0.2, 0.25) is 0 Å². The zero-order valence-electron chi connectivity index (χ0n) is 12.0. The maximum atomic E-state index is 12.1. The molecular formula is C15H23N3O2. The van der Waals surface area contributed by atoms with E-state index < -0.39 is 0 Å². The third-order valence-corrected chi connectivity index (χ3v) is 4.89. The molecule has 1 N–H and O–H groups in total. The largest absolute Gasteiger partial charge is 0.378 e. The summed E-state index contributed by atoms with van der Waals surface area (Å²) >= 11 is 0. The number of nitrogens with zero attached hydrogens (tertiary/aromatic N) is 2. The molecule has 2 fully saturated rings. The molecule has 110 valence electrons. The van der Waals surface area contributed by atoms with Crippen molar-refractivity contribution in [2.45, 2.75) is 57.7 Å². The topological polar surface area (TPSA) is 56.1 Å². The first-order valence-corrected chi connectivity index (χ1v) is 7.63. The SMILES string of the molecule is CCO[C@@H]1C[C@@H](NC(=O)Cn2cccn2)C12CCCC2. The van der Waals surface area contributed by atoms with Crippen molar-refractivity contribution in [3.8, 4) is 0 Å². The Morgan fingerprint density at radius 3 is 2.95 bits per heavy atom. The molecule has 0 aliphatic heterocycles. The summed E-state index contributed by atoms with van der Waals surface area (Å²) in [5, 5.41) is 7.27. The Kier molecular flexibility index (Phi) is 3.78. The van der Waals surface area contributed by atoms with Crippen LogP contribution in [0.1, 0.15) is 39.0 Å². The first kappa shape index (κ1) is 13.6. The van der Waals surface area contributed by atoms with E-state index >= 15 is 0 Å². The number of carbonyl (C=O) groups excluding carboxylic acids is 1. The molecule has 0 bridgehead atoms. The number of amides is 1. The predicted octanol–water partition coefficient (Wildman–Crippen LogP) is 1.74. The van der Waals surface area contributed by atoms with Crippen LogP contribution < -0.4 is 5.32 Å². The molecule has 1 heterocycles. The third-order valence-electron chi connectivity index (χ3n) is 4.89. The Morgan fingerprint density at radius 2 is 2.30 bits per heavy atom. The number of rotatable bonds is 5. The number of hydrogen-bond acceptors (Lipinski definition) is 3. The van der Waals surface area contributed by atoms with Crippen LogP contribution in [-0.2, 0) is 16.1 Å². The highest BCUT2D eigenvalue weighted by Crippen LogP contribution is 2.54. The fourth-order valence-electron chi connectivity index (χ4n) is 3.87. The van der Waals surface area contributed by atoms with Crippen LogP contribution in [0.15, 0.2) is 18.5 Å². The van der Waals surface area contributed by atoms with Gasteiger partial charge in [-0.15, -0.1) is 0 Å². The van der Waals surface area contributed by atoms with Gasteiger partial charge in [0, 0.05) is 30.5 Å². The second-order valence-electron chi connectivity index (χ2n) is 5.94. The molecule has 0 aromatic carbocycles. The maximum absolute atomic E-state index is 12.1. The van der Waals surface area contributed by atoms with E-state index in [-0.39, 0.29) is 17.4 Å². The van der Waals surface area contributed by atoms with E-state index in [1.807, 2.05) is 19.2 Å². The molecule has 20 heavy (non-hydrogen) atoms. The molecule has 1 aromatic rings. The van der Waals surface area contributed by atoms with E-state index in [9.17, 15) is 4.79 Å².